The lowest BCUT2D eigenvalue weighted by Crippen LogP contribution is -2.33. The number of alkyl halides is 4. The van der Waals surface area contributed by atoms with Crippen LogP contribution in [-0.2, 0) is 0 Å². The van der Waals surface area contributed by atoms with Crippen LogP contribution >= 0.6 is 12.4 Å². The average molecular weight is 314 g/mol. The smallest absolute Gasteiger partial charge is 0.428 e. The van der Waals surface area contributed by atoms with Crippen LogP contribution in [0.1, 0.15) is 30.9 Å². The van der Waals surface area contributed by atoms with Gasteiger partial charge in [0.25, 0.3) is 0 Å². The number of ether oxygens (including phenoxy) is 1. The predicted octanol–water partition coefficient (Wildman–Crippen LogP) is 4.15. The zero-order valence-electron chi connectivity index (χ0n) is 10.6. The molecule has 1 atom stereocenters. The Morgan fingerprint density at radius 3 is 2.50 bits per heavy atom. The first-order valence-corrected chi connectivity index (χ1v) is 6.09. The fourth-order valence-electron chi connectivity index (χ4n) is 1.86. The second-order valence-electron chi connectivity index (χ2n) is 4.82. The normalized spacial score (nSPS) is 16.7. The Kier molecular flexibility index (Phi) is 5.65. The molecule has 0 aromatic heterocycles. The van der Waals surface area contributed by atoms with E-state index in [9.17, 15) is 17.6 Å². The molecule has 2 N–H and O–H groups in total. The molecule has 1 aliphatic rings. The van der Waals surface area contributed by atoms with Gasteiger partial charge in [0.15, 0.2) is 0 Å². The molecule has 1 aliphatic carbocycles. The van der Waals surface area contributed by atoms with E-state index < -0.39 is 12.5 Å². The van der Waals surface area contributed by atoms with Crippen LogP contribution in [0.15, 0.2) is 24.3 Å². The predicted molar refractivity (Wildman–Crippen MR) is 69.5 cm³/mol. The highest BCUT2D eigenvalue weighted by molar-refractivity contribution is 5.85. The van der Waals surface area contributed by atoms with E-state index in [1.54, 1.807) is 6.07 Å². The third-order valence-electron chi connectivity index (χ3n) is 3.08. The highest BCUT2D eigenvalue weighted by atomic mass is 35.5. The minimum Gasteiger partial charge on any atom is -0.428 e. The average Bonchev–Trinajstić information content (AvgIpc) is 3.12. The summed E-state index contributed by atoms with van der Waals surface area (Å²) in [5.74, 6) is 0.288. The first-order valence-electron chi connectivity index (χ1n) is 6.09. The molecule has 0 saturated heterocycles. The summed E-state index contributed by atoms with van der Waals surface area (Å²) in [6.45, 7) is 0. The molecule has 1 saturated carbocycles. The number of benzene rings is 1. The van der Waals surface area contributed by atoms with Crippen molar-refractivity contribution < 1.29 is 22.3 Å². The first kappa shape index (κ1) is 17.0. The molecule has 1 aromatic carbocycles. The van der Waals surface area contributed by atoms with Crippen molar-refractivity contribution in [3.05, 3.63) is 29.8 Å². The highest BCUT2D eigenvalue weighted by Crippen LogP contribution is 2.37. The Balaban J connectivity index is 0.00000200. The van der Waals surface area contributed by atoms with Crippen molar-refractivity contribution in [1.29, 1.82) is 0 Å². The fraction of sp³-hybridized carbons (Fsp3) is 0.538. The van der Waals surface area contributed by atoms with Crippen molar-refractivity contribution in [3.63, 3.8) is 0 Å². The molecule has 0 heterocycles. The molecule has 0 radical (unpaired) electrons. The molecule has 2 nitrogen and oxygen atoms in total. The summed E-state index contributed by atoms with van der Waals surface area (Å²) in [6, 6.07) is 5.38. The molecule has 0 amide bonds. The van der Waals surface area contributed by atoms with Crippen LogP contribution in [-0.4, -0.2) is 12.5 Å². The summed E-state index contributed by atoms with van der Waals surface area (Å²) in [6.07, 6.45) is -5.31. The Hall–Kier alpha value is -1.01. The molecule has 0 unspecified atom stereocenters. The third kappa shape index (κ3) is 4.52. The standard InChI is InChI=1S/C13H15F4NO.ClH/c14-12(15)13(16,17)19-10-3-1-2-9(7-10)11(18)6-8-4-5-8;/h1-3,7-8,11-12H,4-6,18H2;1H/t11-;/m1./s1. The van der Waals surface area contributed by atoms with E-state index >= 15 is 0 Å². The Bertz CT molecular complexity index is 440. The van der Waals surface area contributed by atoms with Gasteiger partial charge in [0.05, 0.1) is 0 Å². The Morgan fingerprint density at radius 1 is 1.30 bits per heavy atom. The summed E-state index contributed by atoms with van der Waals surface area (Å²) >= 11 is 0. The van der Waals surface area contributed by atoms with Gasteiger partial charge < -0.3 is 10.5 Å². The van der Waals surface area contributed by atoms with Crippen LogP contribution in [0.4, 0.5) is 17.6 Å². The number of halogens is 5. The topological polar surface area (TPSA) is 35.2 Å². The van der Waals surface area contributed by atoms with Crippen molar-refractivity contribution in [3.8, 4) is 5.75 Å². The minimum absolute atomic E-state index is 0. The zero-order chi connectivity index (χ0) is 14.0. The van der Waals surface area contributed by atoms with Crippen LogP contribution < -0.4 is 10.5 Å². The van der Waals surface area contributed by atoms with E-state index in [1.165, 1.54) is 18.2 Å². The largest absolute Gasteiger partial charge is 0.461 e. The van der Waals surface area contributed by atoms with Crippen molar-refractivity contribution in [1.82, 2.24) is 0 Å². The van der Waals surface area contributed by atoms with Crippen LogP contribution in [0.3, 0.4) is 0 Å². The lowest BCUT2D eigenvalue weighted by molar-refractivity contribution is -0.253. The van der Waals surface area contributed by atoms with Gasteiger partial charge in [0, 0.05) is 6.04 Å². The molecular formula is C13H16ClF4NO. The lowest BCUT2D eigenvalue weighted by Gasteiger charge is -2.18. The zero-order valence-corrected chi connectivity index (χ0v) is 11.4. The highest BCUT2D eigenvalue weighted by Gasteiger charge is 2.44. The SMILES string of the molecule is Cl.N[C@H](CC1CC1)c1cccc(OC(F)(F)C(F)F)c1. The third-order valence-corrected chi connectivity index (χ3v) is 3.08. The van der Waals surface area contributed by atoms with Crippen molar-refractivity contribution >= 4 is 12.4 Å². The molecule has 2 rings (SSSR count). The lowest BCUT2D eigenvalue weighted by atomic mass is 10.0. The van der Waals surface area contributed by atoms with E-state index in [0.717, 1.165) is 19.3 Å². The maximum absolute atomic E-state index is 12.8. The monoisotopic (exact) mass is 313 g/mol. The molecular weight excluding hydrogens is 298 g/mol. The number of nitrogens with two attached hydrogens (primary N) is 1. The fourth-order valence-corrected chi connectivity index (χ4v) is 1.86. The van der Waals surface area contributed by atoms with Gasteiger partial charge in [0.1, 0.15) is 5.75 Å². The van der Waals surface area contributed by atoms with Gasteiger partial charge in [0.2, 0.25) is 0 Å². The van der Waals surface area contributed by atoms with Crippen LogP contribution in [0.5, 0.6) is 5.75 Å². The molecule has 114 valence electrons. The number of rotatable bonds is 6. The molecule has 1 aromatic rings. The quantitative estimate of drug-likeness (QED) is 0.801. The Morgan fingerprint density at radius 2 is 1.95 bits per heavy atom. The summed E-state index contributed by atoms with van der Waals surface area (Å²) < 4.78 is 53.7. The molecule has 0 aliphatic heterocycles. The van der Waals surface area contributed by atoms with Crippen LogP contribution in [0.2, 0.25) is 0 Å². The van der Waals surface area contributed by atoms with Gasteiger partial charge in [-0.2, -0.15) is 17.6 Å². The van der Waals surface area contributed by atoms with Gasteiger partial charge in [-0.3, -0.25) is 0 Å². The van der Waals surface area contributed by atoms with Gasteiger partial charge in [-0.05, 0) is 30.0 Å². The Labute approximate surface area is 120 Å². The van der Waals surface area contributed by atoms with Gasteiger partial charge in [-0.15, -0.1) is 12.4 Å². The van der Waals surface area contributed by atoms with Gasteiger partial charge in [-0.25, -0.2) is 0 Å². The molecule has 20 heavy (non-hydrogen) atoms. The van der Waals surface area contributed by atoms with E-state index in [1.807, 2.05) is 0 Å². The second-order valence-corrected chi connectivity index (χ2v) is 4.82. The summed E-state index contributed by atoms with van der Waals surface area (Å²) in [5.41, 5.74) is 6.56. The first-order chi connectivity index (χ1) is 8.88. The number of hydrogen-bond acceptors (Lipinski definition) is 2. The summed E-state index contributed by atoms with van der Waals surface area (Å²) in [5, 5.41) is 0. The van der Waals surface area contributed by atoms with Gasteiger partial charge in [-0.1, -0.05) is 25.0 Å². The van der Waals surface area contributed by atoms with Crippen molar-refractivity contribution in [2.75, 3.05) is 0 Å². The molecule has 1 fully saturated rings. The van der Waals surface area contributed by atoms with Gasteiger partial charge >= 0.3 is 12.5 Å². The van der Waals surface area contributed by atoms with Crippen molar-refractivity contribution in [2.45, 2.75) is 37.8 Å². The van der Waals surface area contributed by atoms with Crippen molar-refractivity contribution in [2.24, 2.45) is 11.7 Å². The summed E-state index contributed by atoms with van der Waals surface area (Å²) in [4.78, 5) is 0. The second kappa shape index (κ2) is 6.63. The van der Waals surface area contributed by atoms with Crippen LogP contribution in [0.25, 0.3) is 0 Å². The maximum Gasteiger partial charge on any atom is 0.461 e. The van der Waals surface area contributed by atoms with E-state index in [4.69, 9.17) is 5.73 Å². The number of hydrogen-bond donors (Lipinski definition) is 1. The van der Waals surface area contributed by atoms with Crippen LogP contribution in [0, 0.1) is 5.92 Å². The minimum atomic E-state index is -4.49. The van der Waals surface area contributed by atoms with E-state index in [0.29, 0.717) is 11.5 Å². The van der Waals surface area contributed by atoms with E-state index in [2.05, 4.69) is 4.74 Å². The molecule has 7 heteroatoms. The maximum atomic E-state index is 12.8. The molecule has 0 spiro atoms. The summed E-state index contributed by atoms with van der Waals surface area (Å²) in [7, 11) is 0. The molecule has 0 bridgehead atoms. The van der Waals surface area contributed by atoms with E-state index in [-0.39, 0.29) is 24.2 Å².